The molecule has 7 heteroatoms. The lowest BCUT2D eigenvalue weighted by molar-refractivity contribution is -0.119. The van der Waals surface area contributed by atoms with E-state index in [1.165, 1.54) is 0 Å². The van der Waals surface area contributed by atoms with Crippen molar-refractivity contribution in [3.05, 3.63) is 18.2 Å². The Labute approximate surface area is 105 Å². The summed E-state index contributed by atoms with van der Waals surface area (Å²) >= 11 is 0. The third-order valence-corrected chi connectivity index (χ3v) is 2.49. The fourth-order valence-corrected chi connectivity index (χ4v) is 1.56. The van der Waals surface area contributed by atoms with Gasteiger partial charge >= 0.3 is 0 Å². The largest absolute Gasteiger partial charge is 0.358 e. The molecule has 0 aliphatic heterocycles. The van der Waals surface area contributed by atoms with Gasteiger partial charge < -0.3 is 10.6 Å². The summed E-state index contributed by atoms with van der Waals surface area (Å²) in [7, 11) is 0. The van der Waals surface area contributed by atoms with Crippen LogP contribution >= 0.6 is 0 Å². The summed E-state index contributed by atoms with van der Waals surface area (Å²) in [5.41, 5.74) is 0.623. The second-order valence-electron chi connectivity index (χ2n) is 3.92. The standard InChI is InChI=1S/C11H16N6O/c1-3-4-12-9(18)7-14-10-11-16-15-8(2)17(11)6-5-13-10/h5-6H,3-4,7H2,1-2H3,(H,12,18)(H,13,14). The Hall–Kier alpha value is -2.18. The van der Waals surface area contributed by atoms with Crippen molar-refractivity contribution >= 4 is 17.4 Å². The first kappa shape index (κ1) is 12.3. The van der Waals surface area contributed by atoms with Gasteiger partial charge in [0.2, 0.25) is 11.6 Å². The molecular formula is C11H16N6O. The van der Waals surface area contributed by atoms with Crippen molar-refractivity contribution in [2.75, 3.05) is 18.4 Å². The van der Waals surface area contributed by atoms with Gasteiger partial charge in [-0.2, -0.15) is 0 Å². The molecule has 2 rings (SSSR count). The van der Waals surface area contributed by atoms with Crippen LogP contribution in [0.15, 0.2) is 12.4 Å². The molecule has 0 aliphatic rings. The number of carbonyl (C=O) groups excluding carboxylic acids is 1. The summed E-state index contributed by atoms with van der Waals surface area (Å²) in [5.74, 6) is 1.28. The van der Waals surface area contributed by atoms with E-state index in [4.69, 9.17) is 0 Å². The second kappa shape index (κ2) is 5.44. The highest BCUT2D eigenvalue weighted by atomic mass is 16.1. The smallest absolute Gasteiger partial charge is 0.239 e. The van der Waals surface area contributed by atoms with Crippen LogP contribution in [0, 0.1) is 6.92 Å². The van der Waals surface area contributed by atoms with Gasteiger partial charge in [-0.15, -0.1) is 10.2 Å². The predicted octanol–water partition coefficient (Wildman–Crippen LogP) is 0.371. The number of fused-ring (bicyclic) bond motifs is 1. The summed E-state index contributed by atoms with van der Waals surface area (Å²) in [6, 6.07) is 0. The molecular weight excluding hydrogens is 232 g/mol. The Morgan fingerprint density at radius 2 is 2.28 bits per heavy atom. The van der Waals surface area contributed by atoms with E-state index in [0.29, 0.717) is 18.0 Å². The SMILES string of the molecule is CCCNC(=O)CNc1nccn2c(C)nnc12. The van der Waals surface area contributed by atoms with Crippen molar-refractivity contribution in [3.8, 4) is 0 Å². The molecule has 18 heavy (non-hydrogen) atoms. The fraction of sp³-hybridized carbons (Fsp3) is 0.455. The second-order valence-corrected chi connectivity index (χ2v) is 3.92. The van der Waals surface area contributed by atoms with Gasteiger partial charge in [-0.3, -0.25) is 9.20 Å². The van der Waals surface area contributed by atoms with Gasteiger partial charge in [-0.05, 0) is 13.3 Å². The summed E-state index contributed by atoms with van der Waals surface area (Å²) in [5, 5.41) is 13.7. The average molecular weight is 248 g/mol. The molecule has 2 N–H and O–H groups in total. The summed E-state index contributed by atoms with van der Waals surface area (Å²) < 4.78 is 1.82. The summed E-state index contributed by atoms with van der Waals surface area (Å²) in [6.45, 7) is 4.73. The Morgan fingerprint density at radius 3 is 3.06 bits per heavy atom. The van der Waals surface area contributed by atoms with Gasteiger partial charge in [0.05, 0.1) is 6.54 Å². The summed E-state index contributed by atoms with van der Waals surface area (Å²) in [4.78, 5) is 15.6. The number of amides is 1. The zero-order chi connectivity index (χ0) is 13.0. The normalized spacial score (nSPS) is 10.6. The first-order valence-corrected chi connectivity index (χ1v) is 5.89. The van der Waals surface area contributed by atoms with Gasteiger partial charge in [0.15, 0.2) is 5.82 Å². The number of rotatable bonds is 5. The number of aryl methyl sites for hydroxylation is 1. The van der Waals surface area contributed by atoms with Crippen molar-refractivity contribution in [1.29, 1.82) is 0 Å². The third kappa shape index (κ3) is 2.55. The number of carbonyl (C=O) groups is 1. The minimum absolute atomic E-state index is 0.0584. The molecule has 1 amide bonds. The van der Waals surface area contributed by atoms with Crippen LogP contribution in [0.2, 0.25) is 0 Å². The van der Waals surface area contributed by atoms with E-state index in [9.17, 15) is 4.79 Å². The van der Waals surface area contributed by atoms with Crippen LogP contribution in [0.25, 0.3) is 5.65 Å². The molecule has 0 aromatic carbocycles. The van der Waals surface area contributed by atoms with Gasteiger partial charge in [-0.1, -0.05) is 6.92 Å². The summed E-state index contributed by atoms with van der Waals surface area (Å²) in [6.07, 6.45) is 4.35. The van der Waals surface area contributed by atoms with Gasteiger partial charge in [0.25, 0.3) is 0 Å². The minimum Gasteiger partial charge on any atom is -0.358 e. The predicted molar refractivity (Wildman–Crippen MR) is 67.3 cm³/mol. The quantitative estimate of drug-likeness (QED) is 0.798. The number of hydrogen-bond acceptors (Lipinski definition) is 5. The first-order chi connectivity index (χ1) is 8.72. The number of nitrogens with one attached hydrogen (secondary N) is 2. The van der Waals surface area contributed by atoms with Crippen LogP contribution in [0.5, 0.6) is 0 Å². The van der Waals surface area contributed by atoms with E-state index >= 15 is 0 Å². The highest BCUT2D eigenvalue weighted by Crippen LogP contribution is 2.11. The fourth-order valence-electron chi connectivity index (χ4n) is 1.56. The van der Waals surface area contributed by atoms with Crippen LogP contribution in [-0.4, -0.2) is 38.6 Å². The van der Waals surface area contributed by atoms with Crippen LogP contribution < -0.4 is 10.6 Å². The molecule has 2 aromatic heterocycles. The van der Waals surface area contributed by atoms with Crippen LogP contribution in [0.3, 0.4) is 0 Å². The van der Waals surface area contributed by atoms with Crippen LogP contribution in [-0.2, 0) is 4.79 Å². The minimum atomic E-state index is -0.0584. The molecule has 0 fully saturated rings. The van der Waals surface area contributed by atoms with E-state index in [0.717, 1.165) is 12.2 Å². The maximum Gasteiger partial charge on any atom is 0.239 e. The molecule has 0 saturated heterocycles. The van der Waals surface area contributed by atoms with E-state index in [2.05, 4.69) is 25.8 Å². The molecule has 7 nitrogen and oxygen atoms in total. The van der Waals surface area contributed by atoms with Gasteiger partial charge in [-0.25, -0.2) is 4.98 Å². The van der Waals surface area contributed by atoms with E-state index in [-0.39, 0.29) is 12.5 Å². The Balaban J connectivity index is 2.06. The Kier molecular flexibility index (Phi) is 3.71. The topological polar surface area (TPSA) is 84.2 Å². The highest BCUT2D eigenvalue weighted by Gasteiger charge is 2.08. The Morgan fingerprint density at radius 1 is 1.44 bits per heavy atom. The molecule has 2 heterocycles. The molecule has 0 saturated carbocycles. The number of anilines is 1. The molecule has 0 bridgehead atoms. The van der Waals surface area contributed by atoms with Crippen molar-refractivity contribution in [2.45, 2.75) is 20.3 Å². The van der Waals surface area contributed by atoms with Crippen molar-refractivity contribution in [1.82, 2.24) is 24.9 Å². The van der Waals surface area contributed by atoms with Crippen LogP contribution in [0.4, 0.5) is 5.82 Å². The zero-order valence-electron chi connectivity index (χ0n) is 10.5. The average Bonchev–Trinajstić information content (AvgIpc) is 2.76. The molecule has 0 spiro atoms. The molecule has 0 unspecified atom stereocenters. The zero-order valence-corrected chi connectivity index (χ0v) is 10.5. The monoisotopic (exact) mass is 248 g/mol. The maximum absolute atomic E-state index is 11.5. The van der Waals surface area contributed by atoms with Crippen molar-refractivity contribution in [3.63, 3.8) is 0 Å². The Bertz CT molecular complexity index is 549. The van der Waals surface area contributed by atoms with Gasteiger partial charge in [0, 0.05) is 18.9 Å². The molecule has 0 atom stereocenters. The highest BCUT2D eigenvalue weighted by molar-refractivity contribution is 5.81. The van der Waals surface area contributed by atoms with Crippen molar-refractivity contribution < 1.29 is 4.79 Å². The first-order valence-electron chi connectivity index (χ1n) is 5.89. The number of aromatic nitrogens is 4. The molecule has 96 valence electrons. The van der Waals surface area contributed by atoms with Gasteiger partial charge in [0.1, 0.15) is 5.82 Å². The van der Waals surface area contributed by atoms with E-state index in [1.54, 1.807) is 12.4 Å². The number of hydrogen-bond donors (Lipinski definition) is 2. The third-order valence-electron chi connectivity index (χ3n) is 2.49. The number of nitrogens with zero attached hydrogens (tertiary/aromatic N) is 4. The van der Waals surface area contributed by atoms with Crippen LogP contribution in [0.1, 0.15) is 19.2 Å². The van der Waals surface area contributed by atoms with E-state index < -0.39 is 0 Å². The lowest BCUT2D eigenvalue weighted by atomic mass is 10.4. The van der Waals surface area contributed by atoms with Crippen molar-refractivity contribution in [2.24, 2.45) is 0 Å². The molecule has 0 radical (unpaired) electrons. The molecule has 2 aromatic rings. The lowest BCUT2D eigenvalue weighted by Gasteiger charge is -2.06. The van der Waals surface area contributed by atoms with E-state index in [1.807, 2.05) is 18.2 Å². The molecule has 0 aliphatic carbocycles. The maximum atomic E-state index is 11.5. The lowest BCUT2D eigenvalue weighted by Crippen LogP contribution is -2.30.